The number of hydrogen-bond acceptors (Lipinski definition) is 6. The fourth-order valence-corrected chi connectivity index (χ4v) is 3.95. The third-order valence-electron chi connectivity index (χ3n) is 5.65. The second-order valence-corrected chi connectivity index (χ2v) is 7.90. The van der Waals surface area contributed by atoms with E-state index < -0.39 is 0 Å². The number of carbonyl (C=O) groups excluding carboxylic acids is 1. The van der Waals surface area contributed by atoms with Gasteiger partial charge in [0.25, 0.3) is 5.91 Å². The summed E-state index contributed by atoms with van der Waals surface area (Å²) in [7, 11) is 3.14. The summed E-state index contributed by atoms with van der Waals surface area (Å²) in [5.74, 6) is 1.80. The van der Waals surface area contributed by atoms with E-state index in [-0.39, 0.29) is 5.91 Å². The van der Waals surface area contributed by atoms with Crippen LogP contribution >= 0.6 is 0 Å². The molecule has 1 amide bonds. The zero-order chi connectivity index (χ0) is 22.3. The molecule has 1 saturated carbocycles. The van der Waals surface area contributed by atoms with Crippen LogP contribution < -0.4 is 20.1 Å². The lowest BCUT2D eigenvalue weighted by molar-refractivity contribution is 0.102. The van der Waals surface area contributed by atoms with E-state index in [4.69, 9.17) is 9.47 Å². The summed E-state index contributed by atoms with van der Waals surface area (Å²) >= 11 is 0. The maximum absolute atomic E-state index is 12.9. The van der Waals surface area contributed by atoms with E-state index in [1.807, 2.05) is 24.3 Å². The summed E-state index contributed by atoms with van der Waals surface area (Å²) < 4.78 is 10.6. The summed E-state index contributed by atoms with van der Waals surface area (Å²) in [4.78, 5) is 21.7. The molecule has 3 aromatic rings. The van der Waals surface area contributed by atoms with Gasteiger partial charge in [-0.1, -0.05) is 31.4 Å². The normalized spacial score (nSPS) is 13.9. The minimum Gasteiger partial charge on any atom is -0.497 e. The first-order valence-corrected chi connectivity index (χ1v) is 10.9. The van der Waals surface area contributed by atoms with E-state index in [0.717, 1.165) is 17.1 Å². The Kier molecular flexibility index (Phi) is 6.84. The van der Waals surface area contributed by atoms with E-state index in [1.165, 1.54) is 32.1 Å². The van der Waals surface area contributed by atoms with Gasteiger partial charge in [0.15, 0.2) is 0 Å². The summed E-state index contributed by atoms with van der Waals surface area (Å²) in [5, 5.41) is 6.44. The number of nitrogens with one attached hydrogen (secondary N) is 2. The Balaban J connectivity index is 1.51. The van der Waals surface area contributed by atoms with E-state index >= 15 is 0 Å². The maximum Gasteiger partial charge on any atom is 0.255 e. The van der Waals surface area contributed by atoms with Crippen LogP contribution in [0, 0.1) is 0 Å². The molecule has 4 rings (SSSR count). The smallest absolute Gasteiger partial charge is 0.255 e. The maximum atomic E-state index is 12.9. The van der Waals surface area contributed by atoms with Gasteiger partial charge in [0.05, 0.1) is 19.9 Å². The Labute approximate surface area is 188 Å². The van der Waals surface area contributed by atoms with Gasteiger partial charge in [-0.2, -0.15) is 0 Å². The number of ether oxygens (including phenoxy) is 2. The molecule has 0 bridgehead atoms. The molecule has 1 heterocycles. The highest BCUT2D eigenvalue weighted by atomic mass is 16.5. The van der Waals surface area contributed by atoms with E-state index in [2.05, 4.69) is 20.6 Å². The SMILES string of the molecule is COc1cc(NC(=O)c2cccc(-c3cc(NC4CCCCC4)ncn3)c2)cc(OC)c1. The van der Waals surface area contributed by atoms with Crippen molar-refractivity contribution in [2.75, 3.05) is 24.9 Å². The standard InChI is InChI=1S/C25H28N4O3/c1-31-21-12-20(13-22(14-21)32-2)29-25(30)18-8-6-7-17(11-18)23-15-24(27-16-26-23)28-19-9-4-3-5-10-19/h6-8,11-16,19H,3-5,9-10H2,1-2H3,(H,29,30)(H,26,27,28). The molecule has 1 fully saturated rings. The molecule has 2 N–H and O–H groups in total. The number of carbonyl (C=O) groups is 1. The highest BCUT2D eigenvalue weighted by molar-refractivity contribution is 6.05. The summed E-state index contributed by atoms with van der Waals surface area (Å²) in [6.07, 6.45) is 7.73. The third-order valence-corrected chi connectivity index (χ3v) is 5.65. The van der Waals surface area contributed by atoms with Gasteiger partial charge in [-0.3, -0.25) is 4.79 Å². The van der Waals surface area contributed by atoms with Crippen LogP contribution in [0.5, 0.6) is 11.5 Å². The van der Waals surface area contributed by atoms with E-state index in [9.17, 15) is 4.79 Å². The molecular weight excluding hydrogens is 404 g/mol. The Hall–Kier alpha value is -3.61. The third kappa shape index (κ3) is 5.35. The van der Waals surface area contributed by atoms with Crippen LogP contribution in [0.4, 0.5) is 11.5 Å². The minimum atomic E-state index is -0.225. The van der Waals surface area contributed by atoms with Gasteiger partial charge in [-0.15, -0.1) is 0 Å². The molecule has 2 aromatic carbocycles. The van der Waals surface area contributed by atoms with Crippen LogP contribution in [0.1, 0.15) is 42.5 Å². The van der Waals surface area contributed by atoms with Gasteiger partial charge in [0.1, 0.15) is 23.6 Å². The van der Waals surface area contributed by atoms with Crippen LogP contribution in [0.2, 0.25) is 0 Å². The van der Waals surface area contributed by atoms with Gasteiger partial charge >= 0.3 is 0 Å². The monoisotopic (exact) mass is 432 g/mol. The van der Waals surface area contributed by atoms with Gasteiger partial charge in [-0.25, -0.2) is 9.97 Å². The zero-order valence-corrected chi connectivity index (χ0v) is 18.4. The topological polar surface area (TPSA) is 85.4 Å². The van der Waals surface area contributed by atoms with Crippen LogP contribution in [0.15, 0.2) is 54.9 Å². The van der Waals surface area contributed by atoms with Crippen molar-refractivity contribution in [1.29, 1.82) is 0 Å². The fourth-order valence-electron chi connectivity index (χ4n) is 3.95. The highest BCUT2D eigenvalue weighted by Crippen LogP contribution is 2.27. The molecule has 7 heteroatoms. The van der Waals surface area contributed by atoms with Crippen molar-refractivity contribution in [1.82, 2.24) is 9.97 Å². The van der Waals surface area contributed by atoms with Gasteiger partial charge in [0, 0.05) is 47.1 Å². The number of amides is 1. The summed E-state index contributed by atoms with van der Waals surface area (Å²) in [5.41, 5.74) is 2.76. The van der Waals surface area contributed by atoms with Crippen molar-refractivity contribution >= 4 is 17.4 Å². The first-order valence-electron chi connectivity index (χ1n) is 10.9. The summed E-state index contributed by atoms with van der Waals surface area (Å²) in [6, 6.07) is 15.1. The second kappa shape index (κ2) is 10.1. The number of rotatable bonds is 7. The Bertz CT molecular complexity index is 1060. The molecule has 0 radical (unpaired) electrons. The van der Waals surface area contributed by atoms with Gasteiger partial charge in [0.2, 0.25) is 0 Å². The van der Waals surface area contributed by atoms with Crippen LogP contribution in [-0.4, -0.2) is 36.1 Å². The van der Waals surface area contributed by atoms with Crippen molar-refractivity contribution in [3.63, 3.8) is 0 Å². The molecular formula is C25H28N4O3. The Morgan fingerprint density at radius 2 is 1.69 bits per heavy atom. The van der Waals surface area contributed by atoms with Crippen LogP contribution in [-0.2, 0) is 0 Å². The molecule has 166 valence electrons. The number of benzene rings is 2. The minimum absolute atomic E-state index is 0.225. The van der Waals surface area contributed by atoms with Crippen LogP contribution in [0.25, 0.3) is 11.3 Å². The predicted octanol–water partition coefficient (Wildman–Crippen LogP) is 5.16. The molecule has 0 atom stereocenters. The number of nitrogens with zero attached hydrogens (tertiary/aromatic N) is 2. The van der Waals surface area contributed by atoms with Crippen molar-refractivity contribution in [3.05, 3.63) is 60.4 Å². The number of anilines is 2. The molecule has 0 saturated heterocycles. The zero-order valence-electron chi connectivity index (χ0n) is 18.4. The van der Waals surface area contributed by atoms with Crippen LogP contribution in [0.3, 0.4) is 0 Å². The fraction of sp³-hybridized carbons (Fsp3) is 0.320. The van der Waals surface area contributed by atoms with E-state index in [1.54, 1.807) is 44.8 Å². The van der Waals surface area contributed by atoms with Gasteiger partial charge < -0.3 is 20.1 Å². The average molecular weight is 433 g/mol. The average Bonchev–Trinajstić information content (AvgIpc) is 2.84. The first-order chi connectivity index (χ1) is 15.6. The highest BCUT2D eigenvalue weighted by Gasteiger charge is 2.15. The van der Waals surface area contributed by atoms with Crippen molar-refractivity contribution in [3.8, 4) is 22.8 Å². The Morgan fingerprint density at radius 3 is 2.41 bits per heavy atom. The largest absolute Gasteiger partial charge is 0.497 e. The van der Waals surface area contributed by atoms with Crippen molar-refractivity contribution in [2.45, 2.75) is 38.1 Å². The molecule has 0 aliphatic heterocycles. The lowest BCUT2D eigenvalue weighted by atomic mass is 9.95. The first kappa shape index (κ1) is 21.6. The quantitative estimate of drug-likeness (QED) is 0.537. The molecule has 0 spiro atoms. The van der Waals surface area contributed by atoms with E-state index in [0.29, 0.717) is 28.8 Å². The number of aromatic nitrogens is 2. The Morgan fingerprint density at radius 1 is 0.938 bits per heavy atom. The predicted molar refractivity (Wildman–Crippen MR) is 125 cm³/mol. The summed E-state index contributed by atoms with van der Waals surface area (Å²) in [6.45, 7) is 0. The number of methoxy groups -OCH3 is 2. The molecule has 32 heavy (non-hydrogen) atoms. The molecule has 7 nitrogen and oxygen atoms in total. The van der Waals surface area contributed by atoms with Crippen molar-refractivity contribution in [2.24, 2.45) is 0 Å². The molecule has 1 aromatic heterocycles. The second-order valence-electron chi connectivity index (χ2n) is 7.90. The van der Waals surface area contributed by atoms with Crippen molar-refractivity contribution < 1.29 is 14.3 Å². The molecule has 1 aliphatic rings. The van der Waals surface area contributed by atoms with Gasteiger partial charge in [-0.05, 0) is 25.0 Å². The lowest BCUT2D eigenvalue weighted by Crippen LogP contribution is -2.22. The number of hydrogen-bond donors (Lipinski definition) is 2. The molecule has 1 aliphatic carbocycles. The lowest BCUT2D eigenvalue weighted by Gasteiger charge is -2.23. The molecule has 0 unspecified atom stereocenters.